The smallest absolute Gasteiger partial charge is 0.313 e. The maximum absolute atomic E-state index is 12.6. The van der Waals surface area contributed by atoms with Gasteiger partial charge in [0, 0.05) is 23.8 Å². The Labute approximate surface area is 165 Å². The van der Waals surface area contributed by atoms with E-state index in [2.05, 4.69) is 10.3 Å². The fourth-order valence-electron chi connectivity index (χ4n) is 3.01. The largest absolute Gasteiger partial charge is 0.325 e. The Hall–Kier alpha value is -2.64. The van der Waals surface area contributed by atoms with Gasteiger partial charge in [-0.05, 0) is 48.9 Å². The van der Waals surface area contributed by atoms with E-state index in [0.29, 0.717) is 23.2 Å². The summed E-state index contributed by atoms with van der Waals surface area (Å²) in [6.07, 6.45) is 0. The Kier molecular flexibility index (Phi) is 4.72. The van der Waals surface area contributed by atoms with Crippen LogP contribution in [0.1, 0.15) is 5.56 Å². The summed E-state index contributed by atoms with van der Waals surface area (Å²) in [7, 11) is 0. The van der Waals surface area contributed by atoms with E-state index in [0.717, 1.165) is 21.5 Å². The van der Waals surface area contributed by atoms with E-state index >= 15 is 0 Å². The zero-order chi connectivity index (χ0) is 19.0. The van der Waals surface area contributed by atoms with Gasteiger partial charge in [-0.15, -0.1) is 0 Å². The molecule has 0 radical (unpaired) electrons. The molecule has 1 aliphatic rings. The van der Waals surface area contributed by atoms with Crippen molar-refractivity contribution in [1.29, 1.82) is 0 Å². The summed E-state index contributed by atoms with van der Waals surface area (Å²) in [4.78, 5) is 32.5. The molecule has 1 aromatic heterocycles. The second-order valence-corrected chi connectivity index (χ2v) is 7.84. The van der Waals surface area contributed by atoms with Crippen LogP contribution in [0.4, 0.5) is 15.6 Å². The molecule has 6 nitrogen and oxygen atoms in total. The summed E-state index contributed by atoms with van der Waals surface area (Å²) in [6.45, 7) is 3.04. The number of amides is 3. The first kappa shape index (κ1) is 17.8. The summed E-state index contributed by atoms with van der Waals surface area (Å²) < 4.78 is 1.02. The molecule has 0 unspecified atom stereocenters. The van der Waals surface area contributed by atoms with E-state index in [1.807, 2.05) is 25.1 Å². The number of hydrogen-bond acceptors (Lipinski definition) is 4. The minimum atomic E-state index is -0.253. The average molecular weight is 401 g/mol. The maximum atomic E-state index is 12.6. The summed E-state index contributed by atoms with van der Waals surface area (Å²) in [6, 6.07) is 12.9. The molecule has 0 atom stereocenters. The molecule has 138 valence electrons. The molecule has 3 amide bonds. The number of nitrogens with zero attached hydrogens (tertiary/aromatic N) is 3. The van der Waals surface area contributed by atoms with Crippen molar-refractivity contribution in [3.05, 3.63) is 53.1 Å². The zero-order valence-electron chi connectivity index (χ0n) is 14.6. The molecule has 8 heteroatoms. The molecule has 3 aromatic rings. The molecular formula is C19H17ClN4O2S. The predicted octanol–water partition coefficient (Wildman–Crippen LogP) is 4.14. The van der Waals surface area contributed by atoms with Gasteiger partial charge in [0.1, 0.15) is 6.54 Å². The molecule has 27 heavy (non-hydrogen) atoms. The van der Waals surface area contributed by atoms with Gasteiger partial charge in [-0.25, -0.2) is 9.78 Å². The van der Waals surface area contributed by atoms with Crippen LogP contribution >= 0.6 is 22.9 Å². The normalized spacial score (nSPS) is 14.2. The van der Waals surface area contributed by atoms with Crippen molar-refractivity contribution < 1.29 is 9.59 Å². The first-order valence-electron chi connectivity index (χ1n) is 8.49. The lowest BCUT2D eigenvalue weighted by Gasteiger charge is -2.18. The molecule has 1 saturated heterocycles. The lowest BCUT2D eigenvalue weighted by molar-refractivity contribution is -0.116. The molecule has 0 aliphatic carbocycles. The van der Waals surface area contributed by atoms with Crippen LogP contribution in [-0.2, 0) is 4.79 Å². The second kappa shape index (κ2) is 7.17. The van der Waals surface area contributed by atoms with Crippen molar-refractivity contribution in [2.45, 2.75) is 6.92 Å². The van der Waals surface area contributed by atoms with Crippen LogP contribution in [0, 0.1) is 6.92 Å². The summed E-state index contributed by atoms with van der Waals surface area (Å²) >= 11 is 7.32. The topological polar surface area (TPSA) is 65.5 Å². The number of aromatic nitrogens is 1. The molecule has 2 heterocycles. The van der Waals surface area contributed by atoms with Crippen molar-refractivity contribution in [2.75, 3.05) is 29.9 Å². The van der Waals surface area contributed by atoms with Gasteiger partial charge in [0.2, 0.25) is 5.91 Å². The Morgan fingerprint density at radius 1 is 1.22 bits per heavy atom. The predicted molar refractivity (Wildman–Crippen MR) is 109 cm³/mol. The number of hydrogen-bond donors (Lipinski definition) is 1. The van der Waals surface area contributed by atoms with Gasteiger partial charge in [0.15, 0.2) is 5.13 Å². The van der Waals surface area contributed by atoms with Gasteiger partial charge in [0.05, 0.1) is 10.2 Å². The monoisotopic (exact) mass is 400 g/mol. The fraction of sp³-hybridized carbons (Fsp3) is 0.211. The third kappa shape index (κ3) is 3.74. The van der Waals surface area contributed by atoms with E-state index in [9.17, 15) is 9.59 Å². The minimum Gasteiger partial charge on any atom is -0.313 e. The Balaban J connectivity index is 1.40. The Morgan fingerprint density at radius 3 is 2.78 bits per heavy atom. The van der Waals surface area contributed by atoms with Crippen LogP contribution in [0.5, 0.6) is 0 Å². The summed E-state index contributed by atoms with van der Waals surface area (Å²) in [5, 5.41) is 3.96. The fourth-order valence-corrected chi connectivity index (χ4v) is 4.11. The van der Waals surface area contributed by atoms with E-state index in [4.69, 9.17) is 11.6 Å². The van der Waals surface area contributed by atoms with Crippen molar-refractivity contribution in [3.8, 4) is 0 Å². The highest BCUT2D eigenvalue weighted by Gasteiger charge is 2.30. The highest BCUT2D eigenvalue weighted by Crippen LogP contribution is 2.27. The molecule has 0 bridgehead atoms. The van der Waals surface area contributed by atoms with Gasteiger partial charge in [-0.3, -0.25) is 9.69 Å². The Morgan fingerprint density at radius 2 is 2.00 bits per heavy atom. The number of benzene rings is 2. The van der Waals surface area contributed by atoms with Crippen LogP contribution < -0.4 is 10.2 Å². The molecule has 4 rings (SSSR count). The molecule has 0 saturated carbocycles. The highest BCUT2D eigenvalue weighted by atomic mass is 35.5. The third-order valence-corrected chi connectivity index (χ3v) is 5.54. The molecular weight excluding hydrogens is 384 g/mol. The number of thiazole rings is 1. The van der Waals surface area contributed by atoms with E-state index < -0.39 is 0 Å². The van der Waals surface area contributed by atoms with Gasteiger partial charge in [-0.2, -0.15) is 0 Å². The van der Waals surface area contributed by atoms with Gasteiger partial charge in [0.25, 0.3) is 0 Å². The number of carbonyl (C=O) groups is 2. The van der Waals surface area contributed by atoms with Crippen LogP contribution in [0.3, 0.4) is 0 Å². The van der Waals surface area contributed by atoms with Crippen LogP contribution in [0.15, 0.2) is 42.5 Å². The zero-order valence-corrected chi connectivity index (χ0v) is 16.2. The molecule has 0 spiro atoms. The average Bonchev–Trinajstić information content (AvgIpc) is 3.19. The quantitative estimate of drug-likeness (QED) is 0.715. The first-order chi connectivity index (χ1) is 13.0. The number of nitrogens with one attached hydrogen (secondary N) is 1. The van der Waals surface area contributed by atoms with Crippen LogP contribution in [0.25, 0.3) is 10.2 Å². The number of fused-ring (bicyclic) bond motifs is 1. The van der Waals surface area contributed by atoms with Crippen molar-refractivity contribution in [2.24, 2.45) is 0 Å². The van der Waals surface area contributed by atoms with Crippen molar-refractivity contribution in [3.63, 3.8) is 0 Å². The standard InChI is InChI=1S/C19H17ClN4O2S/c1-12-2-7-15-16(10-12)27-18(21-15)22-17(25)11-23-8-9-24(19(23)26)14-5-3-13(20)4-6-14/h2-7,10H,8-9,11H2,1H3,(H,21,22,25). The number of halogens is 1. The van der Waals surface area contributed by atoms with Gasteiger partial charge >= 0.3 is 6.03 Å². The van der Waals surface area contributed by atoms with E-state index in [-0.39, 0.29) is 18.5 Å². The van der Waals surface area contributed by atoms with Crippen molar-refractivity contribution >= 4 is 55.9 Å². The molecule has 1 N–H and O–H groups in total. The molecule has 1 fully saturated rings. The maximum Gasteiger partial charge on any atom is 0.325 e. The van der Waals surface area contributed by atoms with Crippen molar-refractivity contribution in [1.82, 2.24) is 9.88 Å². The van der Waals surface area contributed by atoms with Gasteiger partial charge in [-0.1, -0.05) is 29.0 Å². The number of rotatable bonds is 4. The molecule has 2 aromatic carbocycles. The number of carbonyl (C=O) groups excluding carboxylic acids is 2. The number of aryl methyl sites for hydroxylation is 1. The first-order valence-corrected chi connectivity index (χ1v) is 9.68. The lowest BCUT2D eigenvalue weighted by Crippen LogP contribution is -2.37. The lowest BCUT2D eigenvalue weighted by atomic mass is 10.2. The number of anilines is 2. The minimum absolute atomic E-state index is 0.00211. The van der Waals surface area contributed by atoms with Gasteiger partial charge < -0.3 is 10.2 Å². The summed E-state index contributed by atoms with van der Waals surface area (Å²) in [5.74, 6) is -0.253. The Bertz CT molecular complexity index is 1020. The second-order valence-electron chi connectivity index (χ2n) is 6.37. The molecule has 1 aliphatic heterocycles. The highest BCUT2D eigenvalue weighted by molar-refractivity contribution is 7.22. The third-order valence-electron chi connectivity index (χ3n) is 4.36. The van der Waals surface area contributed by atoms with E-state index in [1.165, 1.54) is 16.2 Å². The number of urea groups is 1. The van der Waals surface area contributed by atoms with E-state index in [1.54, 1.807) is 29.2 Å². The summed E-state index contributed by atoms with van der Waals surface area (Å²) in [5.41, 5.74) is 2.77. The SMILES string of the molecule is Cc1ccc2nc(NC(=O)CN3CCN(c4ccc(Cl)cc4)C3=O)sc2c1. The van der Waals surface area contributed by atoms with Crippen LogP contribution in [0.2, 0.25) is 5.02 Å². The van der Waals surface area contributed by atoms with Crippen LogP contribution in [-0.4, -0.2) is 41.5 Å².